The van der Waals surface area contributed by atoms with Crippen molar-refractivity contribution in [2.45, 2.75) is 26.3 Å². The van der Waals surface area contributed by atoms with E-state index < -0.39 is 16.9 Å². The van der Waals surface area contributed by atoms with Crippen molar-refractivity contribution in [3.05, 3.63) is 38.9 Å². The van der Waals surface area contributed by atoms with Crippen LogP contribution in [0.5, 0.6) is 0 Å². The van der Waals surface area contributed by atoms with Crippen LogP contribution >= 0.6 is 24.0 Å². The average Bonchev–Trinajstić information content (AvgIpc) is 2.51. The van der Waals surface area contributed by atoms with Crippen molar-refractivity contribution in [2.75, 3.05) is 13.1 Å². The Bertz CT molecular complexity index is 626. The Morgan fingerprint density at radius 1 is 1.36 bits per heavy atom. The van der Waals surface area contributed by atoms with Crippen LogP contribution < -0.4 is 16.4 Å². The van der Waals surface area contributed by atoms with E-state index in [1.54, 1.807) is 13.8 Å². The third-order valence-electron chi connectivity index (χ3n) is 3.32. The molecule has 0 aliphatic carbocycles. The molecular weight excluding hydrogens is 371 g/mol. The third kappa shape index (κ3) is 6.85. The maximum Gasteiger partial charge on any atom is 0.270 e. The lowest BCUT2D eigenvalue weighted by Gasteiger charge is -2.22. The number of nitro groups is 1. The number of nitrogens with one attached hydrogen (secondary N) is 2. The van der Waals surface area contributed by atoms with Crippen LogP contribution in [-0.2, 0) is 4.79 Å². The van der Waals surface area contributed by atoms with Gasteiger partial charge in [0.1, 0.15) is 6.04 Å². The van der Waals surface area contributed by atoms with Gasteiger partial charge in [0.2, 0.25) is 5.91 Å². The maximum absolute atomic E-state index is 12.3. The second kappa shape index (κ2) is 10.9. The highest BCUT2D eigenvalue weighted by Crippen LogP contribution is 2.22. The Morgan fingerprint density at radius 3 is 2.48 bits per heavy atom. The number of carbonyl (C=O) groups is 2. The zero-order valence-corrected chi connectivity index (χ0v) is 15.5. The van der Waals surface area contributed by atoms with Crippen molar-refractivity contribution in [2.24, 2.45) is 11.7 Å². The Kier molecular flexibility index (Phi) is 10.0. The molecule has 0 aromatic heterocycles. The van der Waals surface area contributed by atoms with Gasteiger partial charge >= 0.3 is 0 Å². The van der Waals surface area contributed by atoms with Crippen LogP contribution in [0.25, 0.3) is 0 Å². The SMILES string of the molecule is CC(C)C(NC(=O)c1ccc([N+](=O)[O-])cc1Cl)C(=O)NCCCN.Cl. The van der Waals surface area contributed by atoms with Crippen molar-refractivity contribution >= 4 is 41.5 Å². The fourth-order valence-electron chi connectivity index (χ4n) is 1.98. The normalized spacial score (nSPS) is 11.4. The van der Waals surface area contributed by atoms with E-state index in [1.165, 1.54) is 12.1 Å². The highest BCUT2D eigenvalue weighted by molar-refractivity contribution is 6.34. The number of nitrogens with two attached hydrogens (primary N) is 1. The van der Waals surface area contributed by atoms with Crippen LogP contribution in [-0.4, -0.2) is 35.9 Å². The first-order valence-electron chi connectivity index (χ1n) is 7.50. The van der Waals surface area contributed by atoms with Gasteiger partial charge in [-0.25, -0.2) is 0 Å². The standard InChI is InChI=1S/C15H21ClN4O4.ClH/c1-9(2)13(15(22)18-7-3-6-17)19-14(21)11-5-4-10(20(23)24)8-12(11)16;/h4-5,8-9,13H,3,6-7,17H2,1-2H3,(H,18,22)(H,19,21);1H. The molecule has 8 nitrogen and oxygen atoms in total. The van der Waals surface area contributed by atoms with E-state index in [0.717, 1.165) is 6.07 Å². The molecule has 0 saturated heterocycles. The summed E-state index contributed by atoms with van der Waals surface area (Å²) in [4.78, 5) is 34.6. The minimum absolute atomic E-state index is 0. The van der Waals surface area contributed by atoms with E-state index in [2.05, 4.69) is 10.6 Å². The lowest BCUT2D eigenvalue weighted by atomic mass is 10.0. The molecule has 0 radical (unpaired) electrons. The number of amides is 2. The predicted octanol–water partition coefficient (Wildman–Crippen LogP) is 1.89. The van der Waals surface area contributed by atoms with Gasteiger partial charge in [-0.15, -0.1) is 12.4 Å². The third-order valence-corrected chi connectivity index (χ3v) is 3.64. The molecule has 1 rings (SSSR count). The molecule has 2 amide bonds. The number of benzene rings is 1. The summed E-state index contributed by atoms with van der Waals surface area (Å²) in [7, 11) is 0. The Hall–Kier alpha value is -1.90. The second-order valence-electron chi connectivity index (χ2n) is 5.55. The van der Waals surface area contributed by atoms with Gasteiger partial charge in [-0.3, -0.25) is 19.7 Å². The monoisotopic (exact) mass is 392 g/mol. The molecule has 0 saturated carbocycles. The van der Waals surface area contributed by atoms with Crippen LogP contribution in [0.15, 0.2) is 18.2 Å². The lowest BCUT2D eigenvalue weighted by Crippen LogP contribution is -2.50. The number of hydrogen-bond acceptors (Lipinski definition) is 5. The van der Waals surface area contributed by atoms with Crippen LogP contribution in [0.3, 0.4) is 0 Å². The quantitative estimate of drug-likeness (QED) is 0.353. The van der Waals surface area contributed by atoms with Gasteiger partial charge in [0.15, 0.2) is 0 Å². The van der Waals surface area contributed by atoms with Gasteiger partial charge in [-0.1, -0.05) is 25.4 Å². The number of halogens is 2. The molecule has 0 fully saturated rings. The molecule has 25 heavy (non-hydrogen) atoms. The average molecular weight is 393 g/mol. The molecule has 0 aliphatic heterocycles. The van der Waals surface area contributed by atoms with Crippen LogP contribution in [0.4, 0.5) is 5.69 Å². The van der Waals surface area contributed by atoms with E-state index in [4.69, 9.17) is 17.3 Å². The van der Waals surface area contributed by atoms with Crippen molar-refractivity contribution in [3.63, 3.8) is 0 Å². The zero-order chi connectivity index (χ0) is 18.3. The molecule has 1 atom stereocenters. The molecule has 10 heteroatoms. The predicted molar refractivity (Wildman–Crippen MR) is 98.1 cm³/mol. The summed E-state index contributed by atoms with van der Waals surface area (Å²) < 4.78 is 0. The van der Waals surface area contributed by atoms with E-state index in [9.17, 15) is 19.7 Å². The minimum atomic E-state index is -0.749. The highest BCUT2D eigenvalue weighted by atomic mass is 35.5. The topological polar surface area (TPSA) is 127 Å². The Balaban J connectivity index is 0.00000576. The maximum atomic E-state index is 12.3. The fraction of sp³-hybridized carbons (Fsp3) is 0.467. The highest BCUT2D eigenvalue weighted by Gasteiger charge is 2.25. The molecule has 0 aliphatic rings. The molecule has 1 aromatic carbocycles. The van der Waals surface area contributed by atoms with E-state index in [0.29, 0.717) is 19.5 Å². The van der Waals surface area contributed by atoms with Gasteiger partial charge in [-0.05, 0) is 24.9 Å². The molecule has 1 unspecified atom stereocenters. The molecule has 0 bridgehead atoms. The summed E-state index contributed by atoms with van der Waals surface area (Å²) >= 11 is 5.93. The molecule has 4 N–H and O–H groups in total. The molecule has 1 aromatic rings. The first-order valence-corrected chi connectivity index (χ1v) is 7.88. The summed E-state index contributed by atoms with van der Waals surface area (Å²) in [6.45, 7) is 4.47. The second-order valence-corrected chi connectivity index (χ2v) is 5.96. The van der Waals surface area contributed by atoms with Crippen LogP contribution in [0, 0.1) is 16.0 Å². The van der Waals surface area contributed by atoms with Crippen molar-refractivity contribution in [1.29, 1.82) is 0 Å². The lowest BCUT2D eigenvalue weighted by molar-refractivity contribution is -0.384. The molecule has 0 spiro atoms. The fourth-order valence-corrected chi connectivity index (χ4v) is 2.24. The van der Waals surface area contributed by atoms with E-state index >= 15 is 0 Å². The summed E-state index contributed by atoms with van der Waals surface area (Å²) in [5, 5.41) is 16.0. The van der Waals surface area contributed by atoms with Crippen molar-refractivity contribution in [3.8, 4) is 0 Å². The largest absolute Gasteiger partial charge is 0.354 e. The van der Waals surface area contributed by atoms with Gasteiger partial charge in [0, 0.05) is 18.7 Å². The minimum Gasteiger partial charge on any atom is -0.354 e. The molecule has 0 heterocycles. The van der Waals surface area contributed by atoms with E-state index in [-0.39, 0.29) is 40.5 Å². The number of hydrogen-bond donors (Lipinski definition) is 3. The van der Waals surface area contributed by atoms with Crippen molar-refractivity contribution < 1.29 is 14.5 Å². The van der Waals surface area contributed by atoms with Gasteiger partial charge in [0.05, 0.1) is 15.5 Å². The summed E-state index contributed by atoms with van der Waals surface area (Å²) in [5.74, 6) is -1.03. The number of non-ortho nitro benzene ring substituents is 1. The number of rotatable bonds is 8. The van der Waals surface area contributed by atoms with Crippen LogP contribution in [0.2, 0.25) is 5.02 Å². The number of carbonyl (C=O) groups excluding carboxylic acids is 2. The van der Waals surface area contributed by atoms with Crippen LogP contribution in [0.1, 0.15) is 30.6 Å². The Morgan fingerprint density at radius 2 is 2.00 bits per heavy atom. The smallest absolute Gasteiger partial charge is 0.270 e. The summed E-state index contributed by atoms with van der Waals surface area (Å²) in [6, 6.07) is 2.80. The zero-order valence-electron chi connectivity index (χ0n) is 14.0. The molecular formula is C15H22Cl2N4O4. The van der Waals surface area contributed by atoms with E-state index in [1.807, 2.05) is 0 Å². The molecule has 140 valence electrons. The first kappa shape index (κ1) is 23.1. The Labute approximate surface area is 157 Å². The van der Waals surface area contributed by atoms with Gasteiger partial charge in [-0.2, -0.15) is 0 Å². The first-order chi connectivity index (χ1) is 11.3. The number of nitro benzene ring substituents is 1. The number of nitrogens with zero attached hydrogens (tertiary/aromatic N) is 1. The van der Waals surface area contributed by atoms with Gasteiger partial charge < -0.3 is 16.4 Å². The summed E-state index contributed by atoms with van der Waals surface area (Å²) in [5.41, 5.74) is 5.23. The van der Waals surface area contributed by atoms with Crippen molar-refractivity contribution in [1.82, 2.24) is 10.6 Å². The van der Waals surface area contributed by atoms with Gasteiger partial charge in [0.25, 0.3) is 11.6 Å². The summed E-state index contributed by atoms with van der Waals surface area (Å²) in [6.07, 6.45) is 0.638.